The molecule has 13 nitrogen and oxygen atoms in total. The van der Waals surface area contributed by atoms with Crippen LogP contribution in [0.15, 0.2) is 89.6 Å². The van der Waals surface area contributed by atoms with Crippen LogP contribution in [0, 0.1) is 35.5 Å². The summed E-state index contributed by atoms with van der Waals surface area (Å²) >= 11 is 0. The van der Waals surface area contributed by atoms with Crippen LogP contribution in [-0.4, -0.2) is 98.1 Å². The van der Waals surface area contributed by atoms with E-state index in [-0.39, 0.29) is 66.3 Å². The maximum absolute atomic E-state index is 13.1. The zero-order valence-electron chi connectivity index (χ0n) is 35.1. The van der Waals surface area contributed by atoms with Gasteiger partial charge >= 0.3 is 5.97 Å². The zero-order chi connectivity index (χ0) is 43.5. The predicted molar refractivity (Wildman–Crippen MR) is 237 cm³/mol. The molecule has 6 bridgehead atoms. The van der Waals surface area contributed by atoms with Crippen molar-refractivity contribution >= 4 is 41.1 Å². The summed E-state index contributed by atoms with van der Waals surface area (Å²) in [6.07, 6.45) is 18.6. The van der Waals surface area contributed by atoms with Crippen LogP contribution in [-0.2, 0) is 20.8 Å². The number of nitrogens with one attached hydrogen (secondary N) is 3. The number of aldehydes is 2. The number of hydrogen-bond acceptors (Lipinski definition) is 11. The highest BCUT2D eigenvalue weighted by Gasteiger charge is 2.62. The van der Waals surface area contributed by atoms with E-state index in [0.717, 1.165) is 67.4 Å². The van der Waals surface area contributed by atoms with Crippen molar-refractivity contribution in [2.45, 2.75) is 106 Å². The molecule has 4 aliphatic carbocycles. The number of aliphatic hydroxyl groups is 4. The number of aliphatic hydroxyl groups excluding tert-OH is 4. The van der Waals surface area contributed by atoms with Gasteiger partial charge in [0.25, 0.3) is 0 Å². The van der Waals surface area contributed by atoms with Crippen molar-refractivity contribution in [1.29, 1.82) is 0 Å². The van der Waals surface area contributed by atoms with Crippen LogP contribution < -0.4 is 16.4 Å². The van der Waals surface area contributed by atoms with E-state index >= 15 is 0 Å². The summed E-state index contributed by atoms with van der Waals surface area (Å²) in [7, 11) is 0. The Labute approximate surface area is 362 Å². The number of benzene rings is 2. The van der Waals surface area contributed by atoms with E-state index in [1.165, 1.54) is 17.2 Å². The molecule has 330 valence electrons. The summed E-state index contributed by atoms with van der Waals surface area (Å²) in [5.74, 6) is 0.193. The van der Waals surface area contributed by atoms with Gasteiger partial charge in [-0.1, -0.05) is 73.9 Å². The summed E-state index contributed by atoms with van der Waals surface area (Å²) in [6.45, 7) is -0.578. The number of carboxylic acid groups (broad SMARTS) is 1. The lowest BCUT2D eigenvalue weighted by atomic mass is 9.43. The number of nitrogens with zero attached hydrogens (tertiary/aromatic N) is 1. The second kappa shape index (κ2) is 18.7. The molecule has 2 heterocycles. The predicted octanol–water partition coefficient (Wildman–Crippen LogP) is 4.87. The maximum atomic E-state index is 13.1. The first-order chi connectivity index (χ1) is 30.1. The van der Waals surface area contributed by atoms with Gasteiger partial charge in [-0.15, -0.1) is 0 Å². The molecule has 3 aromatic rings. The number of allylic oxidation sites excluding steroid dienone is 3. The van der Waals surface area contributed by atoms with Crippen molar-refractivity contribution < 1.29 is 39.9 Å². The molecule has 0 unspecified atom stereocenters. The van der Waals surface area contributed by atoms with Crippen LogP contribution in [0.2, 0.25) is 0 Å². The largest absolute Gasteiger partial charge is 0.478 e. The Balaban J connectivity index is 1.23. The van der Waals surface area contributed by atoms with Crippen LogP contribution in [0.3, 0.4) is 0 Å². The third-order valence-corrected chi connectivity index (χ3v) is 14.8. The molecule has 13 atom stereocenters. The lowest BCUT2D eigenvalue weighted by Gasteiger charge is -2.63. The number of carboxylic acids is 1. The first kappa shape index (κ1) is 43.6. The molecule has 62 heavy (non-hydrogen) atoms. The number of aromatic nitrogens is 1. The minimum atomic E-state index is -1.45. The summed E-state index contributed by atoms with van der Waals surface area (Å²) in [4.78, 5) is 44.5. The van der Waals surface area contributed by atoms with Gasteiger partial charge in [-0.25, -0.2) is 9.79 Å². The maximum Gasteiger partial charge on any atom is 0.328 e. The molecule has 5 aliphatic rings. The number of carbonyl (C=O) groups excluding carboxylic acids is 2. The van der Waals surface area contributed by atoms with Crippen molar-refractivity contribution in [3.05, 3.63) is 101 Å². The van der Waals surface area contributed by atoms with Crippen LogP contribution in [0.1, 0.15) is 86.3 Å². The second-order valence-corrected chi connectivity index (χ2v) is 18.3. The lowest BCUT2D eigenvalue weighted by molar-refractivity contribution is -0.131. The van der Waals surface area contributed by atoms with E-state index in [1.807, 2.05) is 24.4 Å². The number of hydrogen-bond donors (Lipinski definition) is 9. The highest BCUT2D eigenvalue weighted by atomic mass is 16.4. The van der Waals surface area contributed by atoms with Gasteiger partial charge in [-0.05, 0) is 125 Å². The molecule has 1 saturated carbocycles. The minimum Gasteiger partial charge on any atom is -0.478 e. The molecular formula is C49H61N5O8. The average Bonchev–Trinajstić information content (AvgIpc) is 3.78. The Kier molecular flexibility index (Phi) is 13.2. The van der Waals surface area contributed by atoms with Gasteiger partial charge in [0.2, 0.25) is 0 Å². The number of guanidine groups is 1. The number of rotatable bonds is 20. The number of fused-ring (bicyclic) bond motifs is 7. The van der Waals surface area contributed by atoms with Crippen LogP contribution in [0.25, 0.3) is 10.8 Å². The fourth-order valence-electron chi connectivity index (χ4n) is 12.1. The van der Waals surface area contributed by atoms with E-state index in [2.05, 4.69) is 64.2 Å². The second-order valence-electron chi connectivity index (χ2n) is 18.3. The van der Waals surface area contributed by atoms with Crippen molar-refractivity contribution in [2.24, 2.45) is 46.2 Å². The van der Waals surface area contributed by atoms with Gasteiger partial charge in [-0.3, -0.25) is 0 Å². The Morgan fingerprint density at radius 3 is 2.52 bits per heavy atom. The summed E-state index contributed by atoms with van der Waals surface area (Å²) in [5, 5.41) is 60.3. The van der Waals surface area contributed by atoms with Crippen LogP contribution in [0.5, 0.6) is 0 Å². The average molecular weight is 848 g/mol. The van der Waals surface area contributed by atoms with E-state index in [0.29, 0.717) is 30.7 Å². The normalized spacial score (nSPS) is 31.0. The number of H-pyrrole nitrogens is 1. The molecule has 0 saturated heterocycles. The van der Waals surface area contributed by atoms with Gasteiger partial charge in [0.05, 0.1) is 24.2 Å². The van der Waals surface area contributed by atoms with Gasteiger partial charge in [0.1, 0.15) is 30.6 Å². The van der Waals surface area contributed by atoms with E-state index < -0.39 is 42.4 Å². The minimum absolute atomic E-state index is 0.00303. The molecule has 2 aromatic carbocycles. The number of anilines is 1. The van der Waals surface area contributed by atoms with Crippen molar-refractivity contribution in [3.63, 3.8) is 0 Å². The fourth-order valence-corrected chi connectivity index (χ4v) is 12.1. The molecule has 0 amide bonds. The Bertz CT molecular complexity index is 2220. The van der Waals surface area contributed by atoms with E-state index in [4.69, 9.17) is 10.7 Å². The van der Waals surface area contributed by atoms with Crippen molar-refractivity contribution in [3.8, 4) is 0 Å². The Morgan fingerprint density at radius 1 is 0.968 bits per heavy atom. The third-order valence-electron chi connectivity index (χ3n) is 14.8. The summed E-state index contributed by atoms with van der Waals surface area (Å²) in [5.41, 5.74) is 9.43. The Morgan fingerprint density at radius 2 is 1.77 bits per heavy atom. The number of nitrogens with two attached hydrogens (primary N) is 1. The summed E-state index contributed by atoms with van der Waals surface area (Å²) in [6, 6.07) is 13.2. The highest BCUT2D eigenvalue weighted by Crippen LogP contribution is 2.67. The molecule has 0 radical (unpaired) electrons. The van der Waals surface area contributed by atoms with Crippen molar-refractivity contribution in [2.75, 3.05) is 18.5 Å². The SMILES string of the molecule is NC1=N[C@H](/C(=C\C(=O)O)[C@@]2(Nc3ccc[nH]3)C=C[C@@H]3C[C@H]2[C@H]2[C@@H]4C=C[C@H](CCCCC[C@H](C=O)CCCO)[C@H]2c2cc5cc(CC=O)ccc5cc2[C@@H]43)C[C@H]([C@H](O)[C@H](O)CO)N1. The number of aliphatic imine (C=N–C) groups is 1. The Hall–Kier alpha value is -5.08. The standard InChI is InChI=1S/C49H61N5O8/c50-48-52-39(25-40(53-48)47(62)41(59)27-58)37(24-43(60)61)49(54-42-9-4-17-51-42)16-14-32-23-38(49)46-34-13-12-30(8-3-1-2-6-29(26-57)7-5-18-55)45(46)36-22-33-20-28(15-19-56)10-11-31(33)21-35(36)44(32)34/h4,9-14,16-17,19-22,24,26,29-30,32,34,38-41,44-47,51,54-55,58-59,62H,1-3,5-8,15,18,23,25,27H2,(H,60,61)(H3,50,52,53)/b37-24+/t29-,30-,32+,34+,38-,39-,40+,41+,44+,45-,46+,47-,49-/m0/s1. The van der Waals surface area contributed by atoms with Gasteiger partial charge < -0.3 is 56.5 Å². The van der Waals surface area contributed by atoms with Crippen LogP contribution in [0.4, 0.5) is 5.82 Å². The lowest BCUT2D eigenvalue weighted by Crippen LogP contribution is -2.62. The first-order valence-corrected chi connectivity index (χ1v) is 22.5. The zero-order valence-corrected chi connectivity index (χ0v) is 35.1. The molecular weight excluding hydrogens is 787 g/mol. The van der Waals surface area contributed by atoms with Gasteiger partial charge in [0.15, 0.2) is 5.96 Å². The number of unbranched alkanes of at least 4 members (excludes halogenated alkanes) is 2. The summed E-state index contributed by atoms with van der Waals surface area (Å²) < 4.78 is 0. The monoisotopic (exact) mass is 847 g/mol. The molecule has 10 N–H and O–H groups in total. The quantitative estimate of drug-likeness (QED) is 0.0322. The molecule has 1 aliphatic heterocycles. The molecule has 1 fully saturated rings. The number of aromatic amines is 1. The third kappa shape index (κ3) is 8.39. The van der Waals surface area contributed by atoms with E-state index in [9.17, 15) is 39.9 Å². The topological polar surface area (TPSA) is 231 Å². The van der Waals surface area contributed by atoms with Crippen LogP contribution >= 0.6 is 0 Å². The number of aliphatic carboxylic acids is 1. The molecule has 1 aromatic heterocycles. The first-order valence-electron chi connectivity index (χ1n) is 22.5. The molecule has 0 spiro atoms. The van der Waals surface area contributed by atoms with E-state index in [1.54, 1.807) is 0 Å². The highest BCUT2D eigenvalue weighted by molar-refractivity contribution is 5.86. The fraction of sp³-hybridized carbons (Fsp3) is 0.510. The molecule has 8 rings (SSSR count). The van der Waals surface area contributed by atoms with Gasteiger partial charge in [-0.2, -0.15) is 0 Å². The van der Waals surface area contributed by atoms with Crippen molar-refractivity contribution in [1.82, 2.24) is 10.3 Å². The smallest absolute Gasteiger partial charge is 0.328 e. The number of carbonyl (C=O) groups is 3. The van der Waals surface area contributed by atoms with Gasteiger partial charge in [0, 0.05) is 31.2 Å². The molecule has 13 heteroatoms.